The first-order chi connectivity index (χ1) is 14.0. The van der Waals surface area contributed by atoms with Crippen molar-refractivity contribution in [1.29, 1.82) is 0 Å². The van der Waals surface area contributed by atoms with Crippen LogP contribution in [0.3, 0.4) is 0 Å². The lowest BCUT2D eigenvalue weighted by Crippen LogP contribution is -2.28. The van der Waals surface area contributed by atoms with Crippen molar-refractivity contribution < 1.29 is 4.79 Å². The number of nitrogens with zero attached hydrogens (tertiary/aromatic N) is 4. The number of anilines is 2. The fourth-order valence-electron chi connectivity index (χ4n) is 3.37. The van der Waals surface area contributed by atoms with Crippen LogP contribution < -0.4 is 4.90 Å². The summed E-state index contributed by atoms with van der Waals surface area (Å²) in [7, 11) is 3.55. The summed E-state index contributed by atoms with van der Waals surface area (Å²) in [5.74, 6) is 0.844. The van der Waals surface area contributed by atoms with Crippen LogP contribution >= 0.6 is 15.9 Å². The van der Waals surface area contributed by atoms with E-state index in [1.54, 1.807) is 25.2 Å². The largest absolute Gasteiger partial charge is 0.349 e. The van der Waals surface area contributed by atoms with Crippen LogP contribution in [0.25, 0.3) is 0 Å². The summed E-state index contributed by atoms with van der Waals surface area (Å²) in [5.41, 5.74) is 4.73. The number of fused-ring (bicyclic) bond motifs is 2. The number of para-hydroxylation sites is 1. The molecule has 2 heterocycles. The Morgan fingerprint density at radius 2 is 1.79 bits per heavy atom. The molecule has 1 amide bonds. The summed E-state index contributed by atoms with van der Waals surface area (Å²) in [6, 6.07) is 20.2. The zero-order valence-electron chi connectivity index (χ0n) is 16.3. The number of aromatic nitrogens is 1. The van der Waals surface area contributed by atoms with E-state index in [1.165, 1.54) is 0 Å². The lowest BCUT2D eigenvalue weighted by Gasteiger charge is -2.25. The van der Waals surface area contributed by atoms with E-state index in [-0.39, 0.29) is 5.91 Å². The zero-order chi connectivity index (χ0) is 20.4. The standard InChI is InChI=1S/C23H21BrN4O/c1-27(2)21(29)13-15-28-20-8-4-3-6-18(20)22(16-9-11-17(24)12-10-16)26-19-7-5-14-25-23(19)28/h3-12,14H,13,15H2,1-2H3. The first kappa shape index (κ1) is 19.3. The van der Waals surface area contributed by atoms with E-state index >= 15 is 0 Å². The predicted octanol–water partition coefficient (Wildman–Crippen LogP) is 4.94. The molecule has 0 atom stereocenters. The number of halogens is 1. The molecule has 29 heavy (non-hydrogen) atoms. The maximum atomic E-state index is 12.3. The van der Waals surface area contributed by atoms with Gasteiger partial charge in [0.25, 0.3) is 0 Å². The van der Waals surface area contributed by atoms with E-state index < -0.39 is 0 Å². The number of carbonyl (C=O) groups is 1. The normalized spacial score (nSPS) is 12.5. The van der Waals surface area contributed by atoms with Crippen LogP contribution in [0.1, 0.15) is 17.5 Å². The molecule has 6 heteroatoms. The number of rotatable bonds is 4. The van der Waals surface area contributed by atoms with Gasteiger partial charge in [-0.2, -0.15) is 0 Å². The summed E-state index contributed by atoms with van der Waals surface area (Å²) in [6.07, 6.45) is 2.16. The third kappa shape index (κ3) is 3.93. The monoisotopic (exact) mass is 448 g/mol. The molecular weight excluding hydrogens is 428 g/mol. The van der Waals surface area contributed by atoms with E-state index in [2.05, 4.69) is 50.1 Å². The molecule has 0 spiro atoms. The van der Waals surface area contributed by atoms with Crippen LogP contribution in [0.5, 0.6) is 0 Å². The summed E-state index contributed by atoms with van der Waals surface area (Å²) < 4.78 is 1.02. The van der Waals surface area contributed by atoms with Crippen molar-refractivity contribution in [2.45, 2.75) is 6.42 Å². The third-order valence-corrected chi connectivity index (χ3v) is 5.40. The SMILES string of the molecule is CN(C)C(=O)CCN1c2ccccc2C(c2ccc(Br)cc2)=Nc2cccnc21. The molecule has 1 aromatic heterocycles. The molecule has 2 aromatic carbocycles. The van der Waals surface area contributed by atoms with Crippen LogP contribution in [0.4, 0.5) is 17.2 Å². The van der Waals surface area contributed by atoms with Crippen molar-refractivity contribution in [1.82, 2.24) is 9.88 Å². The smallest absolute Gasteiger partial charge is 0.223 e. The van der Waals surface area contributed by atoms with Gasteiger partial charge < -0.3 is 9.80 Å². The summed E-state index contributed by atoms with van der Waals surface area (Å²) in [4.78, 5) is 25.6. The minimum atomic E-state index is 0.0817. The molecule has 0 unspecified atom stereocenters. The van der Waals surface area contributed by atoms with Crippen molar-refractivity contribution >= 4 is 44.7 Å². The maximum Gasteiger partial charge on any atom is 0.223 e. The van der Waals surface area contributed by atoms with Crippen molar-refractivity contribution in [3.05, 3.63) is 82.5 Å². The van der Waals surface area contributed by atoms with Crippen LogP contribution in [0.2, 0.25) is 0 Å². The first-order valence-electron chi connectivity index (χ1n) is 9.41. The minimum Gasteiger partial charge on any atom is -0.349 e. The number of hydrogen-bond donors (Lipinski definition) is 0. The van der Waals surface area contributed by atoms with Gasteiger partial charge in [0, 0.05) is 48.9 Å². The Kier molecular flexibility index (Phi) is 5.45. The molecule has 0 fully saturated rings. The maximum absolute atomic E-state index is 12.3. The van der Waals surface area contributed by atoms with Gasteiger partial charge in [-0.3, -0.25) is 4.79 Å². The van der Waals surface area contributed by atoms with Gasteiger partial charge in [-0.05, 0) is 30.3 Å². The molecule has 1 aliphatic heterocycles. The highest BCUT2D eigenvalue weighted by Gasteiger charge is 2.25. The van der Waals surface area contributed by atoms with Gasteiger partial charge in [0.15, 0.2) is 5.82 Å². The molecule has 5 nitrogen and oxygen atoms in total. The molecule has 0 saturated heterocycles. The first-order valence-corrected chi connectivity index (χ1v) is 10.2. The minimum absolute atomic E-state index is 0.0817. The highest BCUT2D eigenvalue weighted by molar-refractivity contribution is 9.10. The number of pyridine rings is 1. The lowest BCUT2D eigenvalue weighted by atomic mass is 10.00. The van der Waals surface area contributed by atoms with E-state index in [1.807, 2.05) is 36.4 Å². The predicted molar refractivity (Wildman–Crippen MR) is 120 cm³/mol. The van der Waals surface area contributed by atoms with E-state index in [9.17, 15) is 4.79 Å². The quantitative estimate of drug-likeness (QED) is 0.567. The van der Waals surface area contributed by atoms with Crippen molar-refractivity contribution in [3.8, 4) is 0 Å². The number of carbonyl (C=O) groups excluding carboxylic acids is 1. The Hall–Kier alpha value is -2.99. The summed E-state index contributed by atoms with van der Waals surface area (Å²) in [5, 5.41) is 0. The van der Waals surface area contributed by atoms with Crippen molar-refractivity contribution in [2.75, 3.05) is 25.5 Å². The second-order valence-electron chi connectivity index (χ2n) is 7.02. The molecule has 3 aromatic rings. The number of hydrogen-bond acceptors (Lipinski definition) is 4. The third-order valence-electron chi connectivity index (χ3n) is 4.87. The average Bonchev–Trinajstić information content (AvgIpc) is 2.87. The Bertz CT molecular complexity index is 1080. The molecule has 0 saturated carbocycles. The second kappa shape index (κ2) is 8.17. The molecule has 0 aliphatic carbocycles. The highest BCUT2D eigenvalue weighted by atomic mass is 79.9. The second-order valence-corrected chi connectivity index (χ2v) is 7.94. The van der Waals surface area contributed by atoms with Crippen LogP contribution in [0.15, 0.2) is 76.3 Å². The van der Waals surface area contributed by atoms with E-state index in [0.29, 0.717) is 13.0 Å². The molecular formula is C23H21BrN4O. The highest BCUT2D eigenvalue weighted by Crippen LogP contribution is 2.39. The van der Waals surface area contributed by atoms with Gasteiger partial charge in [-0.1, -0.05) is 46.3 Å². The molecule has 0 N–H and O–H groups in total. The van der Waals surface area contributed by atoms with Gasteiger partial charge >= 0.3 is 0 Å². The fraction of sp³-hybridized carbons (Fsp3) is 0.174. The van der Waals surface area contributed by atoms with Gasteiger partial charge in [-0.15, -0.1) is 0 Å². The fourth-order valence-corrected chi connectivity index (χ4v) is 3.64. The van der Waals surface area contributed by atoms with Crippen LogP contribution in [0, 0.1) is 0 Å². The van der Waals surface area contributed by atoms with E-state index in [0.717, 1.165) is 38.5 Å². The number of amides is 1. The Balaban J connectivity index is 1.86. The topological polar surface area (TPSA) is 48.8 Å². The summed E-state index contributed by atoms with van der Waals surface area (Å²) >= 11 is 3.50. The Morgan fingerprint density at radius 3 is 2.55 bits per heavy atom. The molecule has 4 rings (SSSR count). The Labute approximate surface area is 178 Å². The number of aliphatic imine (C=N–C) groups is 1. The van der Waals surface area contributed by atoms with Gasteiger partial charge in [0.05, 0.1) is 11.4 Å². The van der Waals surface area contributed by atoms with Crippen molar-refractivity contribution in [2.24, 2.45) is 4.99 Å². The molecule has 1 aliphatic rings. The van der Waals surface area contributed by atoms with Gasteiger partial charge in [0.1, 0.15) is 5.69 Å². The van der Waals surface area contributed by atoms with Crippen LogP contribution in [-0.2, 0) is 4.79 Å². The Morgan fingerprint density at radius 1 is 1.03 bits per heavy atom. The van der Waals surface area contributed by atoms with Crippen LogP contribution in [-0.4, -0.2) is 42.1 Å². The zero-order valence-corrected chi connectivity index (χ0v) is 17.9. The molecule has 0 radical (unpaired) electrons. The lowest BCUT2D eigenvalue weighted by molar-refractivity contribution is -0.128. The number of benzene rings is 2. The summed E-state index contributed by atoms with van der Waals surface area (Å²) in [6.45, 7) is 0.529. The molecule has 0 bridgehead atoms. The average molecular weight is 449 g/mol. The van der Waals surface area contributed by atoms with Gasteiger partial charge in [-0.25, -0.2) is 9.98 Å². The van der Waals surface area contributed by atoms with Crippen molar-refractivity contribution in [3.63, 3.8) is 0 Å². The van der Waals surface area contributed by atoms with Gasteiger partial charge in [0.2, 0.25) is 5.91 Å². The molecule has 146 valence electrons. The van der Waals surface area contributed by atoms with E-state index in [4.69, 9.17) is 4.99 Å².